The van der Waals surface area contributed by atoms with Crippen molar-refractivity contribution in [1.82, 2.24) is 14.9 Å². The molecule has 1 amide bonds. The van der Waals surface area contributed by atoms with Crippen LogP contribution in [0.15, 0.2) is 18.2 Å². The van der Waals surface area contributed by atoms with E-state index in [1.54, 1.807) is 25.2 Å². The van der Waals surface area contributed by atoms with Crippen LogP contribution in [-0.2, 0) is 9.53 Å². The number of amides is 1. The van der Waals surface area contributed by atoms with Crippen molar-refractivity contribution in [3.63, 3.8) is 0 Å². The van der Waals surface area contributed by atoms with Gasteiger partial charge in [-0.05, 0) is 39.0 Å². The number of hydrogen-bond acceptors (Lipinski definition) is 6. The number of benzene rings is 1. The van der Waals surface area contributed by atoms with Gasteiger partial charge in [-0.25, -0.2) is 14.8 Å². The summed E-state index contributed by atoms with van der Waals surface area (Å²) in [5.41, 5.74) is 3.23. The van der Waals surface area contributed by atoms with Crippen LogP contribution in [0.5, 0.6) is 0 Å². The molecule has 0 aliphatic heterocycles. The fourth-order valence-corrected chi connectivity index (χ4v) is 2.27. The average Bonchev–Trinajstić information content (AvgIpc) is 2.59. The third kappa shape index (κ3) is 4.29. The van der Waals surface area contributed by atoms with Gasteiger partial charge in [0.2, 0.25) is 0 Å². The summed E-state index contributed by atoms with van der Waals surface area (Å²) in [6.45, 7) is 5.53. The van der Waals surface area contributed by atoms with Gasteiger partial charge < -0.3 is 9.64 Å². The highest BCUT2D eigenvalue weighted by Gasteiger charge is 2.22. The van der Waals surface area contributed by atoms with Gasteiger partial charge in [-0.3, -0.25) is 4.79 Å². The van der Waals surface area contributed by atoms with Crippen molar-refractivity contribution < 1.29 is 14.3 Å². The van der Waals surface area contributed by atoms with Crippen molar-refractivity contribution >= 4 is 22.9 Å². The van der Waals surface area contributed by atoms with Crippen molar-refractivity contribution in [2.24, 2.45) is 0 Å². The number of carbonyl (C=O) groups excluding carboxylic acids is 2. The van der Waals surface area contributed by atoms with Crippen LogP contribution in [0.4, 0.5) is 0 Å². The molecular formula is C18H20N4O3. The van der Waals surface area contributed by atoms with E-state index in [1.807, 2.05) is 19.9 Å². The second-order valence-corrected chi connectivity index (χ2v) is 5.81. The van der Waals surface area contributed by atoms with E-state index in [1.165, 1.54) is 11.8 Å². The maximum Gasteiger partial charge on any atom is 0.338 e. The van der Waals surface area contributed by atoms with Crippen LogP contribution < -0.4 is 0 Å². The van der Waals surface area contributed by atoms with Gasteiger partial charge >= 0.3 is 5.97 Å². The average molecular weight is 340 g/mol. The molecule has 7 heteroatoms. The summed E-state index contributed by atoms with van der Waals surface area (Å²) in [5.74, 6) is -0.952. The SMILES string of the molecule is Cc1nc2ccc(C(=O)O[C@@H](C)C(=O)N(C)CCC#N)cc2nc1C. The van der Waals surface area contributed by atoms with Crippen molar-refractivity contribution in [3.05, 3.63) is 35.2 Å². The fourth-order valence-electron chi connectivity index (χ4n) is 2.27. The Bertz CT molecular complexity index is 857. The summed E-state index contributed by atoms with van der Waals surface area (Å²) in [6.07, 6.45) is -0.705. The fraction of sp³-hybridized carbons (Fsp3) is 0.389. The van der Waals surface area contributed by atoms with Crippen LogP contribution in [0.25, 0.3) is 11.0 Å². The highest BCUT2D eigenvalue weighted by molar-refractivity contribution is 5.95. The van der Waals surface area contributed by atoms with Crippen molar-refractivity contribution in [2.45, 2.75) is 33.3 Å². The number of hydrogen-bond donors (Lipinski definition) is 0. The van der Waals surface area contributed by atoms with Gasteiger partial charge in [0, 0.05) is 13.6 Å². The van der Waals surface area contributed by atoms with Crippen LogP contribution in [0.3, 0.4) is 0 Å². The molecule has 0 N–H and O–H groups in total. The molecule has 2 aromatic rings. The van der Waals surface area contributed by atoms with Crippen molar-refractivity contribution in [1.29, 1.82) is 5.26 Å². The monoisotopic (exact) mass is 340 g/mol. The van der Waals surface area contributed by atoms with E-state index in [0.29, 0.717) is 23.1 Å². The minimum Gasteiger partial charge on any atom is -0.449 e. The molecule has 1 atom stereocenters. The largest absolute Gasteiger partial charge is 0.449 e. The number of esters is 1. The number of nitriles is 1. The quantitative estimate of drug-likeness (QED) is 0.774. The molecule has 0 saturated heterocycles. The molecule has 2 rings (SSSR count). The zero-order valence-electron chi connectivity index (χ0n) is 14.7. The number of aryl methyl sites for hydroxylation is 2. The second kappa shape index (κ2) is 7.71. The maximum absolute atomic E-state index is 12.3. The van der Waals surface area contributed by atoms with Crippen LogP contribution in [-0.4, -0.2) is 46.4 Å². The highest BCUT2D eigenvalue weighted by atomic mass is 16.5. The Labute approximate surface area is 146 Å². The molecule has 0 fully saturated rings. The lowest BCUT2D eigenvalue weighted by Crippen LogP contribution is -2.37. The predicted molar refractivity (Wildman–Crippen MR) is 91.8 cm³/mol. The smallest absolute Gasteiger partial charge is 0.338 e. The van der Waals surface area contributed by atoms with Gasteiger partial charge in [-0.2, -0.15) is 5.26 Å². The summed E-state index contributed by atoms with van der Waals surface area (Å²) in [6, 6.07) is 6.88. The summed E-state index contributed by atoms with van der Waals surface area (Å²) in [7, 11) is 1.57. The zero-order valence-corrected chi connectivity index (χ0v) is 14.7. The molecule has 0 radical (unpaired) electrons. The van der Waals surface area contributed by atoms with Gasteiger partial charge in [0.05, 0.1) is 40.5 Å². The summed E-state index contributed by atoms with van der Waals surface area (Å²) >= 11 is 0. The van der Waals surface area contributed by atoms with E-state index in [0.717, 1.165) is 11.4 Å². The molecule has 130 valence electrons. The van der Waals surface area contributed by atoms with Crippen LogP contribution in [0.1, 0.15) is 35.1 Å². The number of rotatable bonds is 5. The predicted octanol–water partition coefficient (Wildman–Crippen LogP) is 2.16. The number of ether oxygens (including phenoxy) is 1. The lowest BCUT2D eigenvalue weighted by Gasteiger charge is -2.20. The zero-order chi connectivity index (χ0) is 18.6. The van der Waals surface area contributed by atoms with E-state index >= 15 is 0 Å². The first-order valence-corrected chi connectivity index (χ1v) is 7.91. The minimum absolute atomic E-state index is 0.227. The molecule has 1 aromatic carbocycles. The van der Waals surface area contributed by atoms with Gasteiger partial charge in [-0.1, -0.05) is 0 Å². The Morgan fingerprint density at radius 3 is 2.52 bits per heavy atom. The first kappa shape index (κ1) is 18.3. The third-order valence-corrected chi connectivity index (χ3v) is 3.88. The van der Waals surface area contributed by atoms with E-state index in [2.05, 4.69) is 9.97 Å². The first-order chi connectivity index (χ1) is 11.8. The van der Waals surface area contributed by atoms with Gasteiger partial charge in [0.15, 0.2) is 6.10 Å². The molecule has 25 heavy (non-hydrogen) atoms. The van der Waals surface area contributed by atoms with Gasteiger partial charge in [0.25, 0.3) is 5.91 Å². The molecule has 0 saturated carbocycles. The summed E-state index contributed by atoms with van der Waals surface area (Å²) in [4.78, 5) is 34.6. The van der Waals surface area contributed by atoms with E-state index < -0.39 is 12.1 Å². The minimum atomic E-state index is -0.933. The lowest BCUT2D eigenvalue weighted by molar-refractivity contribution is -0.138. The van der Waals surface area contributed by atoms with Gasteiger partial charge in [-0.15, -0.1) is 0 Å². The van der Waals surface area contributed by atoms with E-state index in [9.17, 15) is 9.59 Å². The Balaban J connectivity index is 2.12. The number of carbonyl (C=O) groups is 2. The number of fused-ring (bicyclic) bond motifs is 1. The molecule has 1 aromatic heterocycles. The highest BCUT2D eigenvalue weighted by Crippen LogP contribution is 2.16. The van der Waals surface area contributed by atoms with Crippen LogP contribution >= 0.6 is 0 Å². The lowest BCUT2D eigenvalue weighted by atomic mass is 10.2. The van der Waals surface area contributed by atoms with Gasteiger partial charge in [0.1, 0.15) is 0 Å². The van der Waals surface area contributed by atoms with E-state index in [4.69, 9.17) is 10.00 Å². The number of nitrogens with zero attached hydrogens (tertiary/aromatic N) is 4. The molecule has 1 heterocycles. The normalized spacial score (nSPS) is 11.6. The first-order valence-electron chi connectivity index (χ1n) is 7.91. The Kier molecular flexibility index (Phi) is 5.65. The van der Waals surface area contributed by atoms with Crippen molar-refractivity contribution in [3.8, 4) is 6.07 Å². The van der Waals surface area contributed by atoms with Crippen LogP contribution in [0.2, 0.25) is 0 Å². The standard InChI is InChI=1S/C18H20N4O3/c1-11-12(2)21-16-10-14(6-7-15(16)20-11)18(24)25-13(3)17(23)22(4)9-5-8-19/h6-7,10,13H,5,9H2,1-4H3/t13-/m0/s1. The molecule has 0 aliphatic carbocycles. The third-order valence-electron chi connectivity index (χ3n) is 3.88. The molecule has 0 bridgehead atoms. The summed E-state index contributed by atoms with van der Waals surface area (Å²) in [5, 5.41) is 8.57. The Hall–Kier alpha value is -3.01. The topological polar surface area (TPSA) is 96.2 Å². The van der Waals surface area contributed by atoms with Crippen LogP contribution in [0, 0.1) is 25.2 Å². The van der Waals surface area contributed by atoms with E-state index in [-0.39, 0.29) is 12.3 Å². The number of likely N-dealkylation sites (N-methyl/N-ethyl adjacent to an activating group) is 1. The Morgan fingerprint density at radius 1 is 1.24 bits per heavy atom. The second-order valence-electron chi connectivity index (χ2n) is 5.81. The molecule has 0 unspecified atom stereocenters. The molecular weight excluding hydrogens is 320 g/mol. The summed E-state index contributed by atoms with van der Waals surface area (Å²) < 4.78 is 5.24. The molecule has 7 nitrogen and oxygen atoms in total. The maximum atomic E-state index is 12.3. The number of aromatic nitrogens is 2. The molecule has 0 spiro atoms. The molecule has 0 aliphatic rings. The Morgan fingerprint density at radius 2 is 1.88 bits per heavy atom. The van der Waals surface area contributed by atoms with Crippen molar-refractivity contribution in [2.75, 3.05) is 13.6 Å².